The molecule has 1 amide bonds. The average molecular weight is 283 g/mol. The second-order valence-electron chi connectivity index (χ2n) is 3.80. The molecule has 0 spiro atoms. The monoisotopic (exact) mass is 283 g/mol. The van der Waals surface area contributed by atoms with Gasteiger partial charge in [0.1, 0.15) is 18.1 Å². The minimum absolute atomic E-state index is 0.124. The molecule has 110 valence electrons. The van der Waals surface area contributed by atoms with Crippen LogP contribution >= 0.6 is 0 Å². The standard InChI is InChI=1S/C13H17NO6/c1-18-10-5-9(6-11(7-10)19-2)13(17)14-3-4-20-8-12(15)16/h5-7H,3-4,8H2,1-2H3,(H,14,17)(H,15,16). The van der Waals surface area contributed by atoms with Crippen molar-refractivity contribution in [1.29, 1.82) is 0 Å². The number of hydrogen-bond donors (Lipinski definition) is 2. The first-order valence-corrected chi connectivity index (χ1v) is 5.87. The summed E-state index contributed by atoms with van der Waals surface area (Å²) in [5.74, 6) is -0.344. The SMILES string of the molecule is COc1cc(OC)cc(C(=O)NCCOCC(=O)O)c1. The first kappa shape index (κ1) is 15.8. The van der Waals surface area contributed by atoms with Crippen molar-refractivity contribution in [3.8, 4) is 11.5 Å². The van der Waals surface area contributed by atoms with E-state index < -0.39 is 5.97 Å². The molecule has 0 aliphatic heterocycles. The highest BCUT2D eigenvalue weighted by atomic mass is 16.5. The van der Waals surface area contributed by atoms with Crippen LogP contribution in [0.25, 0.3) is 0 Å². The highest BCUT2D eigenvalue weighted by Gasteiger charge is 2.09. The Morgan fingerprint density at radius 1 is 1.15 bits per heavy atom. The first-order valence-electron chi connectivity index (χ1n) is 5.87. The van der Waals surface area contributed by atoms with Crippen molar-refractivity contribution in [2.75, 3.05) is 34.0 Å². The Hall–Kier alpha value is -2.28. The van der Waals surface area contributed by atoms with Crippen LogP contribution in [-0.2, 0) is 9.53 Å². The van der Waals surface area contributed by atoms with Crippen LogP contribution in [0.4, 0.5) is 0 Å². The molecule has 0 fully saturated rings. The van der Waals surface area contributed by atoms with Crippen molar-refractivity contribution in [2.45, 2.75) is 0 Å². The van der Waals surface area contributed by atoms with Gasteiger partial charge < -0.3 is 24.6 Å². The molecule has 2 N–H and O–H groups in total. The van der Waals surface area contributed by atoms with Gasteiger partial charge in [0.15, 0.2) is 0 Å². The molecule has 0 unspecified atom stereocenters. The van der Waals surface area contributed by atoms with Gasteiger partial charge in [-0.2, -0.15) is 0 Å². The van der Waals surface area contributed by atoms with E-state index in [9.17, 15) is 9.59 Å². The third-order valence-corrected chi connectivity index (χ3v) is 2.37. The summed E-state index contributed by atoms with van der Waals surface area (Å²) in [6, 6.07) is 4.82. The summed E-state index contributed by atoms with van der Waals surface area (Å²) in [6.07, 6.45) is 0. The zero-order valence-corrected chi connectivity index (χ0v) is 11.3. The Labute approximate surface area is 116 Å². The van der Waals surface area contributed by atoms with Crippen LogP contribution in [0.15, 0.2) is 18.2 Å². The van der Waals surface area contributed by atoms with Crippen molar-refractivity contribution < 1.29 is 28.9 Å². The molecule has 0 saturated heterocycles. The summed E-state index contributed by atoms with van der Waals surface area (Å²) < 4.78 is 14.9. The lowest BCUT2D eigenvalue weighted by Gasteiger charge is -2.09. The number of carbonyl (C=O) groups is 2. The van der Waals surface area contributed by atoms with E-state index in [0.29, 0.717) is 17.1 Å². The molecule has 0 heterocycles. The van der Waals surface area contributed by atoms with E-state index in [4.69, 9.17) is 19.3 Å². The average Bonchev–Trinajstić information content (AvgIpc) is 2.45. The van der Waals surface area contributed by atoms with Crippen molar-refractivity contribution >= 4 is 11.9 Å². The normalized spacial score (nSPS) is 9.90. The van der Waals surface area contributed by atoms with Crippen molar-refractivity contribution in [3.63, 3.8) is 0 Å². The lowest BCUT2D eigenvalue weighted by Crippen LogP contribution is -2.28. The summed E-state index contributed by atoms with van der Waals surface area (Å²) in [4.78, 5) is 22.1. The summed E-state index contributed by atoms with van der Waals surface area (Å²) >= 11 is 0. The van der Waals surface area contributed by atoms with E-state index in [0.717, 1.165) is 0 Å². The second-order valence-corrected chi connectivity index (χ2v) is 3.80. The minimum atomic E-state index is -1.05. The number of hydrogen-bond acceptors (Lipinski definition) is 5. The van der Waals surface area contributed by atoms with Gasteiger partial charge in [0.2, 0.25) is 0 Å². The third-order valence-electron chi connectivity index (χ3n) is 2.37. The molecule has 20 heavy (non-hydrogen) atoms. The molecular weight excluding hydrogens is 266 g/mol. The van der Waals surface area contributed by atoms with Gasteiger partial charge in [-0.15, -0.1) is 0 Å². The number of methoxy groups -OCH3 is 2. The maximum Gasteiger partial charge on any atom is 0.329 e. The summed E-state index contributed by atoms with van der Waals surface area (Å²) in [6.45, 7) is -0.0480. The quantitative estimate of drug-likeness (QED) is 0.676. The Morgan fingerprint density at radius 3 is 2.25 bits per heavy atom. The fraction of sp³-hybridized carbons (Fsp3) is 0.385. The van der Waals surface area contributed by atoms with Crippen LogP contribution in [0, 0.1) is 0 Å². The van der Waals surface area contributed by atoms with Gasteiger partial charge >= 0.3 is 5.97 Å². The first-order chi connectivity index (χ1) is 9.56. The van der Waals surface area contributed by atoms with Crippen LogP contribution < -0.4 is 14.8 Å². The number of amides is 1. The molecule has 0 aromatic heterocycles. The molecule has 7 heteroatoms. The molecule has 1 aromatic carbocycles. The molecular formula is C13H17NO6. The Bertz CT molecular complexity index is 452. The summed E-state index contributed by atoms with van der Waals surface area (Å²) in [7, 11) is 2.99. The Morgan fingerprint density at radius 2 is 1.75 bits per heavy atom. The Kier molecular flexibility index (Phi) is 6.31. The lowest BCUT2D eigenvalue weighted by atomic mass is 10.2. The second kappa shape index (κ2) is 8.00. The van der Waals surface area contributed by atoms with Crippen molar-refractivity contribution in [3.05, 3.63) is 23.8 Å². The van der Waals surface area contributed by atoms with Gasteiger partial charge in [0.25, 0.3) is 5.91 Å². The van der Waals surface area contributed by atoms with E-state index in [-0.39, 0.29) is 25.7 Å². The number of carbonyl (C=O) groups excluding carboxylic acids is 1. The van der Waals surface area contributed by atoms with Gasteiger partial charge in [-0.25, -0.2) is 4.79 Å². The van der Waals surface area contributed by atoms with Gasteiger partial charge in [-0.1, -0.05) is 0 Å². The maximum absolute atomic E-state index is 11.9. The van der Waals surface area contributed by atoms with Gasteiger partial charge in [0.05, 0.1) is 20.8 Å². The molecule has 1 aromatic rings. The fourth-order valence-electron chi connectivity index (χ4n) is 1.44. The molecule has 0 radical (unpaired) electrons. The fourth-order valence-corrected chi connectivity index (χ4v) is 1.44. The number of aliphatic carboxylic acids is 1. The number of carboxylic acid groups (broad SMARTS) is 1. The predicted molar refractivity (Wildman–Crippen MR) is 70.3 cm³/mol. The molecule has 0 atom stereocenters. The van der Waals surface area contributed by atoms with E-state index in [2.05, 4.69) is 5.32 Å². The van der Waals surface area contributed by atoms with E-state index in [1.165, 1.54) is 14.2 Å². The molecule has 0 aliphatic rings. The minimum Gasteiger partial charge on any atom is -0.497 e. The Balaban J connectivity index is 2.52. The number of carboxylic acids is 1. The molecule has 0 saturated carbocycles. The van der Waals surface area contributed by atoms with Crippen LogP contribution in [-0.4, -0.2) is 51.0 Å². The highest BCUT2D eigenvalue weighted by Crippen LogP contribution is 2.22. The molecule has 7 nitrogen and oxygen atoms in total. The van der Waals surface area contributed by atoms with Gasteiger partial charge in [0, 0.05) is 18.2 Å². The maximum atomic E-state index is 11.9. The zero-order valence-electron chi connectivity index (χ0n) is 11.3. The van der Waals surface area contributed by atoms with Crippen molar-refractivity contribution in [2.24, 2.45) is 0 Å². The van der Waals surface area contributed by atoms with Gasteiger partial charge in [-0.3, -0.25) is 4.79 Å². The molecule has 0 aliphatic carbocycles. The van der Waals surface area contributed by atoms with Gasteiger partial charge in [-0.05, 0) is 12.1 Å². The number of rotatable bonds is 8. The number of benzene rings is 1. The van der Waals surface area contributed by atoms with Crippen LogP contribution in [0.3, 0.4) is 0 Å². The van der Waals surface area contributed by atoms with E-state index in [1.54, 1.807) is 18.2 Å². The topological polar surface area (TPSA) is 94.1 Å². The zero-order chi connectivity index (χ0) is 15.0. The predicted octanol–water partition coefficient (Wildman–Crippen LogP) is 0.535. The molecule has 0 bridgehead atoms. The van der Waals surface area contributed by atoms with E-state index in [1.807, 2.05) is 0 Å². The number of ether oxygens (including phenoxy) is 3. The molecule has 1 rings (SSSR count). The summed E-state index contributed by atoms with van der Waals surface area (Å²) in [5.41, 5.74) is 0.388. The highest BCUT2D eigenvalue weighted by molar-refractivity contribution is 5.95. The van der Waals surface area contributed by atoms with Crippen LogP contribution in [0.2, 0.25) is 0 Å². The number of nitrogens with one attached hydrogen (secondary N) is 1. The van der Waals surface area contributed by atoms with Crippen LogP contribution in [0.1, 0.15) is 10.4 Å². The van der Waals surface area contributed by atoms with Crippen molar-refractivity contribution in [1.82, 2.24) is 5.32 Å². The third kappa shape index (κ3) is 5.15. The smallest absolute Gasteiger partial charge is 0.329 e. The summed E-state index contributed by atoms with van der Waals surface area (Å²) in [5, 5.41) is 11.0. The lowest BCUT2D eigenvalue weighted by molar-refractivity contribution is -0.142. The van der Waals surface area contributed by atoms with E-state index >= 15 is 0 Å². The largest absolute Gasteiger partial charge is 0.497 e. The van der Waals surface area contributed by atoms with Crippen LogP contribution in [0.5, 0.6) is 11.5 Å².